The summed E-state index contributed by atoms with van der Waals surface area (Å²) in [6, 6.07) is 4.48. The fourth-order valence-corrected chi connectivity index (χ4v) is 3.59. The van der Waals surface area contributed by atoms with Gasteiger partial charge >= 0.3 is 0 Å². The molecule has 1 aromatic carbocycles. The van der Waals surface area contributed by atoms with E-state index in [1.165, 1.54) is 12.1 Å². The van der Waals surface area contributed by atoms with E-state index in [0.717, 1.165) is 17.6 Å². The summed E-state index contributed by atoms with van der Waals surface area (Å²) in [6.07, 6.45) is 1.08. The number of sulfone groups is 1. The van der Waals surface area contributed by atoms with Crippen molar-refractivity contribution >= 4 is 48.8 Å². The number of rotatable bonds is 4. The molecule has 1 heterocycles. The summed E-state index contributed by atoms with van der Waals surface area (Å²) in [5, 5.41) is 2.73. The molecule has 1 aromatic heterocycles. The van der Waals surface area contributed by atoms with Crippen molar-refractivity contribution in [3.63, 3.8) is 0 Å². The number of carbonyl (C=O) groups excluding carboxylic acids is 1. The molecule has 0 aliphatic carbocycles. The van der Waals surface area contributed by atoms with Gasteiger partial charge in [-0.3, -0.25) is 4.79 Å². The third-order valence-electron chi connectivity index (χ3n) is 2.57. The molecule has 20 heavy (non-hydrogen) atoms. The van der Waals surface area contributed by atoms with Crippen molar-refractivity contribution in [1.29, 1.82) is 0 Å². The maximum absolute atomic E-state index is 13.6. The van der Waals surface area contributed by atoms with Crippen molar-refractivity contribution in [2.75, 3.05) is 18.6 Å². The Bertz CT molecular complexity index is 770. The Morgan fingerprint density at radius 1 is 1.45 bits per heavy atom. The summed E-state index contributed by atoms with van der Waals surface area (Å²) in [5.74, 6) is -1.14. The monoisotopic (exact) mass is 335 g/mol. The molecule has 108 valence electrons. The van der Waals surface area contributed by atoms with E-state index in [0.29, 0.717) is 4.70 Å². The van der Waals surface area contributed by atoms with Crippen LogP contribution in [-0.4, -0.2) is 32.9 Å². The summed E-state index contributed by atoms with van der Waals surface area (Å²) < 4.78 is 36.2. The maximum atomic E-state index is 13.6. The number of hydrogen-bond acceptors (Lipinski definition) is 4. The van der Waals surface area contributed by atoms with Crippen LogP contribution >= 0.6 is 22.9 Å². The molecule has 8 heteroatoms. The summed E-state index contributed by atoms with van der Waals surface area (Å²) in [4.78, 5) is 12.1. The highest BCUT2D eigenvalue weighted by atomic mass is 35.5. The summed E-state index contributed by atoms with van der Waals surface area (Å²) in [5.41, 5.74) is 0. The van der Waals surface area contributed by atoms with Crippen molar-refractivity contribution in [2.24, 2.45) is 0 Å². The Labute approximate surface area is 124 Å². The fraction of sp³-hybridized carbons (Fsp3) is 0.250. The normalized spacial score (nSPS) is 11.8. The zero-order valence-electron chi connectivity index (χ0n) is 10.4. The Hall–Kier alpha value is -1.18. The molecule has 0 bridgehead atoms. The van der Waals surface area contributed by atoms with E-state index in [1.807, 2.05) is 0 Å². The molecule has 1 amide bonds. The number of thiophene rings is 1. The minimum Gasteiger partial charge on any atom is -0.350 e. The largest absolute Gasteiger partial charge is 0.350 e. The lowest BCUT2D eigenvalue weighted by Crippen LogP contribution is -2.28. The second kappa shape index (κ2) is 5.67. The summed E-state index contributed by atoms with van der Waals surface area (Å²) >= 11 is 7.09. The number of fused-ring (bicyclic) bond motifs is 1. The van der Waals surface area contributed by atoms with Crippen LogP contribution in [0.4, 0.5) is 4.39 Å². The summed E-state index contributed by atoms with van der Waals surface area (Å²) in [7, 11) is -3.15. The Morgan fingerprint density at radius 2 is 2.15 bits per heavy atom. The first-order valence-corrected chi connectivity index (χ1v) is 8.87. The number of halogens is 2. The first-order chi connectivity index (χ1) is 9.29. The van der Waals surface area contributed by atoms with E-state index in [2.05, 4.69) is 5.32 Å². The van der Waals surface area contributed by atoms with Gasteiger partial charge in [0.1, 0.15) is 20.5 Å². The van der Waals surface area contributed by atoms with Crippen LogP contribution in [0.15, 0.2) is 18.2 Å². The van der Waals surface area contributed by atoms with E-state index in [-0.39, 0.29) is 27.6 Å². The Morgan fingerprint density at radius 3 is 2.75 bits per heavy atom. The fourth-order valence-electron chi connectivity index (χ4n) is 1.65. The maximum Gasteiger partial charge on any atom is 0.262 e. The highest BCUT2D eigenvalue weighted by Gasteiger charge is 2.19. The predicted molar refractivity (Wildman–Crippen MR) is 78.8 cm³/mol. The van der Waals surface area contributed by atoms with Gasteiger partial charge in [-0.15, -0.1) is 11.3 Å². The SMILES string of the molecule is CS(=O)(=O)CCNC(=O)c1sc2cccc(F)c2c1Cl. The smallest absolute Gasteiger partial charge is 0.262 e. The lowest BCUT2D eigenvalue weighted by molar-refractivity contribution is 0.0960. The van der Waals surface area contributed by atoms with E-state index in [1.54, 1.807) is 6.07 Å². The van der Waals surface area contributed by atoms with E-state index < -0.39 is 21.6 Å². The van der Waals surface area contributed by atoms with Crippen molar-refractivity contribution in [2.45, 2.75) is 0 Å². The molecule has 4 nitrogen and oxygen atoms in total. The molecule has 0 spiro atoms. The quantitative estimate of drug-likeness (QED) is 0.933. The standard InChI is InChI=1S/C12H11ClFNO3S2/c1-20(17,18)6-5-15-12(16)11-10(13)9-7(14)3-2-4-8(9)19-11/h2-4H,5-6H2,1H3,(H,15,16). The molecule has 0 radical (unpaired) electrons. The molecule has 2 rings (SSSR count). The number of amides is 1. The van der Waals surface area contributed by atoms with Gasteiger partial charge in [0.05, 0.1) is 10.8 Å². The zero-order chi connectivity index (χ0) is 14.9. The number of carbonyl (C=O) groups is 1. The molecular formula is C12H11ClFNO3S2. The average Bonchev–Trinajstić information content (AvgIpc) is 2.66. The Balaban J connectivity index is 2.23. The Kier molecular flexibility index (Phi) is 4.31. The average molecular weight is 336 g/mol. The van der Waals surface area contributed by atoms with Crippen molar-refractivity contribution in [3.05, 3.63) is 33.9 Å². The van der Waals surface area contributed by atoms with Gasteiger partial charge in [-0.2, -0.15) is 0 Å². The molecule has 0 atom stereocenters. The van der Waals surface area contributed by atoms with E-state index >= 15 is 0 Å². The minimum absolute atomic E-state index is 0.00920. The molecule has 0 aliphatic heterocycles. The van der Waals surface area contributed by atoms with Crippen molar-refractivity contribution < 1.29 is 17.6 Å². The number of hydrogen-bond donors (Lipinski definition) is 1. The van der Waals surface area contributed by atoms with Crippen LogP contribution < -0.4 is 5.32 Å². The van der Waals surface area contributed by atoms with E-state index in [9.17, 15) is 17.6 Å². The predicted octanol–water partition coefficient (Wildman–Crippen LogP) is 2.47. The first kappa shape index (κ1) is 15.2. The van der Waals surface area contributed by atoms with Crippen LogP contribution in [0.1, 0.15) is 9.67 Å². The zero-order valence-corrected chi connectivity index (χ0v) is 12.8. The van der Waals surface area contributed by atoms with Crippen molar-refractivity contribution in [1.82, 2.24) is 5.32 Å². The second-order valence-corrected chi connectivity index (χ2v) is 7.93. The molecule has 0 unspecified atom stereocenters. The van der Waals surface area contributed by atoms with Gasteiger partial charge in [0.15, 0.2) is 0 Å². The number of nitrogens with one attached hydrogen (secondary N) is 1. The molecule has 0 saturated heterocycles. The lowest BCUT2D eigenvalue weighted by Gasteiger charge is -2.02. The molecule has 0 aliphatic rings. The summed E-state index contributed by atoms with van der Waals surface area (Å²) in [6.45, 7) is -0.00920. The van der Waals surface area contributed by atoms with Crippen molar-refractivity contribution in [3.8, 4) is 0 Å². The van der Waals surface area contributed by atoms with Crippen LogP contribution in [0.3, 0.4) is 0 Å². The van der Waals surface area contributed by atoms with Gasteiger partial charge in [0.25, 0.3) is 5.91 Å². The molecule has 0 saturated carbocycles. The topological polar surface area (TPSA) is 63.2 Å². The van der Waals surface area contributed by atoms with E-state index in [4.69, 9.17) is 11.6 Å². The third-order valence-corrected chi connectivity index (χ3v) is 5.16. The van der Waals surface area contributed by atoms with Crippen LogP contribution in [0.2, 0.25) is 5.02 Å². The molecule has 2 aromatic rings. The second-order valence-electron chi connectivity index (χ2n) is 4.24. The van der Waals surface area contributed by atoms with Crippen LogP contribution in [0.5, 0.6) is 0 Å². The van der Waals surface area contributed by atoms with Gasteiger partial charge in [0, 0.05) is 22.9 Å². The van der Waals surface area contributed by atoms with Gasteiger partial charge < -0.3 is 5.32 Å². The lowest BCUT2D eigenvalue weighted by atomic mass is 10.2. The molecule has 1 N–H and O–H groups in total. The minimum atomic E-state index is -3.15. The van der Waals surface area contributed by atoms with Gasteiger partial charge in [0.2, 0.25) is 0 Å². The van der Waals surface area contributed by atoms with Gasteiger partial charge in [-0.1, -0.05) is 17.7 Å². The number of benzene rings is 1. The molecule has 0 fully saturated rings. The molecular weight excluding hydrogens is 325 g/mol. The van der Waals surface area contributed by atoms with Crippen LogP contribution in [0.25, 0.3) is 10.1 Å². The van der Waals surface area contributed by atoms with Gasteiger partial charge in [-0.05, 0) is 12.1 Å². The third kappa shape index (κ3) is 3.28. The van der Waals surface area contributed by atoms with Crippen LogP contribution in [0, 0.1) is 5.82 Å². The first-order valence-electron chi connectivity index (χ1n) is 5.62. The van der Waals surface area contributed by atoms with Gasteiger partial charge in [-0.25, -0.2) is 12.8 Å². The highest BCUT2D eigenvalue weighted by Crippen LogP contribution is 2.36. The highest BCUT2D eigenvalue weighted by molar-refractivity contribution is 7.90. The van der Waals surface area contributed by atoms with Crippen LogP contribution in [-0.2, 0) is 9.84 Å².